The quantitative estimate of drug-likeness (QED) is 0.534. The number of likely N-dealkylation sites (tertiary alicyclic amines) is 1. The van der Waals surface area contributed by atoms with Crippen LogP contribution in [0, 0.1) is 11.8 Å². The van der Waals surface area contributed by atoms with Crippen molar-refractivity contribution in [1.29, 1.82) is 0 Å². The van der Waals surface area contributed by atoms with Gasteiger partial charge in [0.1, 0.15) is 0 Å². The van der Waals surface area contributed by atoms with Crippen molar-refractivity contribution in [3.63, 3.8) is 0 Å². The van der Waals surface area contributed by atoms with E-state index in [1.165, 1.54) is 13.0 Å². The van der Waals surface area contributed by atoms with Gasteiger partial charge in [-0.1, -0.05) is 6.92 Å². The Balaban J connectivity index is 1.37. The van der Waals surface area contributed by atoms with Crippen molar-refractivity contribution in [2.45, 2.75) is 13.3 Å². The van der Waals surface area contributed by atoms with E-state index in [9.17, 15) is 0 Å². The zero-order chi connectivity index (χ0) is 18.2. The molecule has 3 fully saturated rings. The maximum Gasteiger partial charge on any atom is 0.193 e. The van der Waals surface area contributed by atoms with E-state index in [2.05, 4.69) is 31.9 Å². The molecular formula is C19H37N5O2. The molecule has 0 saturated carbocycles. The molecular weight excluding hydrogens is 330 g/mol. The second-order valence-corrected chi connectivity index (χ2v) is 7.96. The lowest BCUT2D eigenvalue weighted by atomic mass is 10.1. The molecule has 3 aliphatic rings. The monoisotopic (exact) mass is 367 g/mol. The largest absolute Gasteiger partial charge is 0.379 e. The number of morpholine rings is 2. The van der Waals surface area contributed by atoms with E-state index < -0.39 is 0 Å². The summed E-state index contributed by atoms with van der Waals surface area (Å²) in [6, 6.07) is 0. The summed E-state index contributed by atoms with van der Waals surface area (Å²) in [5, 5.41) is 3.61. The van der Waals surface area contributed by atoms with Crippen LogP contribution in [0.15, 0.2) is 4.99 Å². The highest BCUT2D eigenvalue weighted by Gasteiger charge is 2.27. The van der Waals surface area contributed by atoms with Crippen molar-refractivity contribution in [3.05, 3.63) is 0 Å². The van der Waals surface area contributed by atoms with Crippen LogP contribution in [0.5, 0.6) is 0 Å². The molecule has 2 unspecified atom stereocenters. The van der Waals surface area contributed by atoms with E-state index in [1.807, 2.05) is 7.05 Å². The molecule has 2 atom stereocenters. The first kappa shape index (κ1) is 19.9. The average Bonchev–Trinajstić information content (AvgIpc) is 3.12. The van der Waals surface area contributed by atoms with Gasteiger partial charge in [0, 0.05) is 66.0 Å². The lowest BCUT2D eigenvalue weighted by Gasteiger charge is -2.30. The van der Waals surface area contributed by atoms with Crippen LogP contribution in [0.3, 0.4) is 0 Å². The van der Waals surface area contributed by atoms with Gasteiger partial charge in [-0.3, -0.25) is 14.8 Å². The van der Waals surface area contributed by atoms with Gasteiger partial charge in [-0.25, -0.2) is 0 Å². The minimum Gasteiger partial charge on any atom is -0.379 e. The van der Waals surface area contributed by atoms with Crippen LogP contribution in [-0.4, -0.2) is 113 Å². The van der Waals surface area contributed by atoms with Crippen molar-refractivity contribution in [2.75, 3.05) is 92.4 Å². The first-order valence-electron chi connectivity index (χ1n) is 10.3. The van der Waals surface area contributed by atoms with E-state index >= 15 is 0 Å². The summed E-state index contributed by atoms with van der Waals surface area (Å²) < 4.78 is 10.9. The fourth-order valence-corrected chi connectivity index (χ4v) is 4.21. The normalized spacial score (nSPS) is 27.7. The highest BCUT2D eigenvalue weighted by atomic mass is 16.5. The maximum atomic E-state index is 5.46. The minimum atomic E-state index is 0.608. The summed E-state index contributed by atoms with van der Waals surface area (Å²) in [5.41, 5.74) is 0. The molecule has 0 spiro atoms. The Kier molecular flexibility index (Phi) is 7.98. The number of guanidine groups is 1. The van der Waals surface area contributed by atoms with Crippen LogP contribution in [0.4, 0.5) is 0 Å². The molecule has 0 aliphatic carbocycles. The molecule has 7 nitrogen and oxygen atoms in total. The van der Waals surface area contributed by atoms with Crippen molar-refractivity contribution < 1.29 is 9.47 Å². The molecule has 150 valence electrons. The Morgan fingerprint density at radius 3 is 2.35 bits per heavy atom. The standard InChI is InChI=1S/C19H37N5O2/c1-17(14-22-5-9-25-10-6-22)13-21-19(20-2)24-4-3-18(16-24)15-23-7-11-26-12-8-23/h17-18H,3-16H2,1-2H3,(H,20,21). The van der Waals surface area contributed by atoms with Crippen molar-refractivity contribution in [2.24, 2.45) is 16.8 Å². The van der Waals surface area contributed by atoms with Crippen LogP contribution < -0.4 is 5.32 Å². The highest BCUT2D eigenvalue weighted by Crippen LogP contribution is 2.18. The second kappa shape index (κ2) is 10.4. The van der Waals surface area contributed by atoms with Gasteiger partial charge in [0.25, 0.3) is 0 Å². The molecule has 3 saturated heterocycles. The number of nitrogens with zero attached hydrogens (tertiary/aromatic N) is 4. The van der Waals surface area contributed by atoms with Crippen molar-refractivity contribution >= 4 is 5.96 Å². The summed E-state index contributed by atoms with van der Waals surface area (Å²) in [4.78, 5) is 12.0. The summed E-state index contributed by atoms with van der Waals surface area (Å²) in [7, 11) is 1.91. The first-order valence-corrected chi connectivity index (χ1v) is 10.3. The van der Waals surface area contributed by atoms with Crippen LogP contribution in [0.1, 0.15) is 13.3 Å². The van der Waals surface area contributed by atoms with Gasteiger partial charge in [-0.15, -0.1) is 0 Å². The van der Waals surface area contributed by atoms with Gasteiger partial charge >= 0.3 is 0 Å². The van der Waals surface area contributed by atoms with Gasteiger partial charge in [0.2, 0.25) is 0 Å². The molecule has 26 heavy (non-hydrogen) atoms. The predicted molar refractivity (Wildman–Crippen MR) is 105 cm³/mol. The molecule has 0 aromatic heterocycles. The Bertz CT molecular complexity index is 436. The van der Waals surface area contributed by atoms with Crippen LogP contribution >= 0.6 is 0 Å². The highest BCUT2D eigenvalue weighted by molar-refractivity contribution is 5.80. The van der Waals surface area contributed by atoms with Gasteiger partial charge < -0.3 is 19.7 Å². The molecule has 0 radical (unpaired) electrons. The summed E-state index contributed by atoms with van der Waals surface area (Å²) >= 11 is 0. The van der Waals surface area contributed by atoms with Gasteiger partial charge in [0.15, 0.2) is 5.96 Å². The number of rotatable bonds is 6. The first-order chi connectivity index (χ1) is 12.7. The minimum absolute atomic E-state index is 0.608. The number of nitrogens with one attached hydrogen (secondary N) is 1. The van der Waals surface area contributed by atoms with Crippen LogP contribution in [0.2, 0.25) is 0 Å². The molecule has 0 bridgehead atoms. The zero-order valence-electron chi connectivity index (χ0n) is 16.7. The third-order valence-electron chi connectivity index (χ3n) is 5.70. The molecule has 3 heterocycles. The summed E-state index contributed by atoms with van der Waals surface area (Å²) in [5.74, 6) is 2.43. The zero-order valence-corrected chi connectivity index (χ0v) is 16.7. The van der Waals surface area contributed by atoms with Gasteiger partial charge in [-0.2, -0.15) is 0 Å². The van der Waals surface area contributed by atoms with Crippen molar-refractivity contribution in [3.8, 4) is 0 Å². The molecule has 0 aromatic rings. The number of hydrogen-bond acceptors (Lipinski definition) is 5. The van der Waals surface area contributed by atoms with E-state index in [0.29, 0.717) is 5.92 Å². The average molecular weight is 368 g/mol. The Labute approximate surface area is 158 Å². The molecule has 7 heteroatoms. The SMILES string of the molecule is CN=C(NCC(C)CN1CCOCC1)N1CCC(CN2CCOCC2)C1. The summed E-state index contributed by atoms with van der Waals surface area (Å²) in [6.07, 6.45) is 1.27. The Morgan fingerprint density at radius 1 is 1.04 bits per heavy atom. The van der Waals surface area contributed by atoms with Crippen LogP contribution in [-0.2, 0) is 9.47 Å². The lowest BCUT2D eigenvalue weighted by molar-refractivity contribution is 0.0315. The van der Waals surface area contributed by atoms with E-state index in [0.717, 1.165) is 90.7 Å². The second-order valence-electron chi connectivity index (χ2n) is 7.96. The summed E-state index contributed by atoms with van der Waals surface area (Å²) in [6.45, 7) is 15.7. The van der Waals surface area contributed by atoms with E-state index in [-0.39, 0.29) is 0 Å². The molecule has 0 aromatic carbocycles. The Hall–Kier alpha value is -0.890. The molecule has 0 amide bonds. The topological polar surface area (TPSA) is 52.6 Å². The molecule has 3 aliphatic heterocycles. The third kappa shape index (κ3) is 6.08. The maximum absolute atomic E-state index is 5.46. The van der Waals surface area contributed by atoms with Gasteiger partial charge in [0.05, 0.1) is 26.4 Å². The van der Waals surface area contributed by atoms with Gasteiger partial charge in [-0.05, 0) is 18.3 Å². The van der Waals surface area contributed by atoms with Crippen LogP contribution in [0.25, 0.3) is 0 Å². The smallest absolute Gasteiger partial charge is 0.193 e. The van der Waals surface area contributed by atoms with Crippen molar-refractivity contribution in [1.82, 2.24) is 20.0 Å². The third-order valence-corrected chi connectivity index (χ3v) is 5.70. The molecule has 1 N–H and O–H groups in total. The van der Waals surface area contributed by atoms with E-state index in [1.54, 1.807) is 0 Å². The number of hydrogen-bond donors (Lipinski definition) is 1. The van der Waals surface area contributed by atoms with E-state index in [4.69, 9.17) is 9.47 Å². The number of aliphatic imine (C=N–C) groups is 1. The molecule has 3 rings (SSSR count). The Morgan fingerprint density at radius 2 is 1.69 bits per heavy atom. The fourth-order valence-electron chi connectivity index (χ4n) is 4.21. The fraction of sp³-hybridized carbons (Fsp3) is 0.947. The lowest BCUT2D eigenvalue weighted by Crippen LogP contribution is -2.45. The predicted octanol–water partition coefficient (Wildman–Crippen LogP) is 0.184. The number of ether oxygens (including phenoxy) is 2.